The molecule has 0 aliphatic carbocycles. The average molecular weight is 328 g/mol. The molecule has 0 aliphatic heterocycles. The third-order valence-electron chi connectivity index (χ3n) is 2.96. The van der Waals surface area contributed by atoms with E-state index in [0.717, 1.165) is 10.0 Å². The largest absolute Gasteiger partial charge is 0.481 e. The molecule has 0 saturated heterocycles. The average Bonchev–Trinajstić information content (AvgIpc) is 2.36. The predicted molar refractivity (Wildman–Crippen MR) is 77.0 cm³/mol. The quantitative estimate of drug-likeness (QED) is 0.844. The van der Waals surface area contributed by atoms with Crippen molar-refractivity contribution in [3.63, 3.8) is 0 Å². The van der Waals surface area contributed by atoms with Gasteiger partial charge in [-0.2, -0.15) is 0 Å². The third-order valence-corrected chi connectivity index (χ3v) is 3.49. The zero-order chi connectivity index (χ0) is 14.4. The van der Waals surface area contributed by atoms with Crippen molar-refractivity contribution >= 4 is 27.8 Å². The Morgan fingerprint density at radius 2 is 1.84 bits per heavy atom. The van der Waals surface area contributed by atoms with Gasteiger partial charge in [0.25, 0.3) is 0 Å². The monoisotopic (exact) mass is 327 g/mol. The Hall–Kier alpha value is -1.36. The van der Waals surface area contributed by atoms with Gasteiger partial charge in [-0.25, -0.2) is 0 Å². The summed E-state index contributed by atoms with van der Waals surface area (Å²) in [7, 11) is 0. The Morgan fingerprint density at radius 3 is 2.37 bits per heavy atom. The van der Waals surface area contributed by atoms with Crippen LogP contribution in [0.2, 0.25) is 0 Å². The molecule has 0 fully saturated rings. The number of amides is 1. The molecule has 2 unspecified atom stereocenters. The van der Waals surface area contributed by atoms with Gasteiger partial charge < -0.3 is 10.4 Å². The summed E-state index contributed by atoms with van der Waals surface area (Å²) in [6, 6.07) is 7.83. The molecule has 0 spiro atoms. The van der Waals surface area contributed by atoms with Gasteiger partial charge >= 0.3 is 5.97 Å². The summed E-state index contributed by atoms with van der Waals surface area (Å²) in [5, 5.41) is 11.4. The molecule has 0 radical (unpaired) electrons. The summed E-state index contributed by atoms with van der Waals surface area (Å²) in [5.41, 5.74) is 1.09. The Labute approximate surface area is 121 Å². The zero-order valence-electron chi connectivity index (χ0n) is 11.0. The smallest absolute Gasteiger partial charge is 0.308 e. The lowest BCUT2D eigenvalue weighted by molar-refractivity contribution is -0.141. The number of carboxylic acids is 1. The van der Waals surface area contributed by atoms with Crippen molar-refractivity contribution in [1.29, 1.82) is 0 Å². The van der Waals surface area contributed by atoms with Crippen molar-refractivity contribution in [2.75, 3.05) is 6.54 Å². The van der Waals surface area contributed by atoms with Crippen LogP contribution in [0.4, 0.5) is 0 Å². The van der Waals surface area contributed by atoms with Crippen molar-refractivity contribution in [1.82, 2.24) is 5.32 Å². The number of aliphatic carboxylic acids is 1. The fourth-order valence-corrected chi connectivity index (χ4v) is 1.88. The van der Waals surface area contributed by atoms with Gasteiger partial charge in [0.2, 0.25) is 5.91 Å². The Balaban J connectivity index is 2.44. The van der Waals surface area contributed by atoms with Crippen LogP contribution in [0.25, 0.3) is 0 Å². The lowest BCUT2D eigenvalue weighted by Crippen LogP contribution is -2.32. The highest BCUT2D eigenvalue weighted by molar-refractivity contribution is 9.10. The fourth-order valence-electron chi connectivity index (χ4n) is 1.61. The summed E-state index contributed by atoms with van der Waals surface area (Å²) in [4.78, 5) is 22.3. The maximum atomic E-state index is 11.7. The minimum atomic E-state index is -0.902. The number of hydrogen-bond acceptors (Lipinski definition) is 2. The topological polar surface area (TPSA) is 66.4 Å². The molecule has 2 N–H and O–H groups in total. The van der Waals surface area contributed by atoms with Crippen molar-refractivity contribution < 1.29 is 14.7 Å². The minimum absolute atomic E-state index is 0.105. The van der Waals surface area contributed by atoms with E-state index in [9.17, 15) is 9.59 Å². The first-order chi connectivity index (χ1) is 8.90. The standard InChI is InChI=1S/C14H18BrNO3/c1-9(11-3-5-12(15)6-4-11)7-13(17)16-8-10(2)14(18)19/h3-6,9-10H,7-8H2,1-2H3,(H,16,17)(H,18,19). The highest BCUT2D eigenvalue weighted by Crippen LogP contribution is 2.21. The van der Waals surface area contributed by atoms with Gasteiger partial charge in [0.05, 0.1) is 5.92 Å². The van der Waals surface area contributed by atoms with E-state index in [2.05, 4.69) is 21.2 Å². The van der Waals surface area contributed by atoms with E-state index in [1.807, 2.05) is 31.2 Å². The highest BCUT2D eigenvalue weighted by atomic mass is 79.9. The molecule has 5 heteroatoms. The van der Waals surface area contributed by atoms with Gasteiger partial charge in [-0.05, 0) is 23.6 Å². The van der Waals surface area contributed by atoms with Gasteiger partial charge in [-0.3, -0.25) is 9.59 Å². The molecule has 104 valence electrons. The molecule has 1 amide bonds. The molecular formula is C14H18BrNO3. The molecule has 4 nitrogen and oxygen atoms in total. The van der Waals surface area contributed by atoms with Crippen molar-refractivity contribution in [2.24, 2.45) is 5.92 Å². The molecule has 1 aromatic carbocycles. The van der Waals surface area contributed by atoms with E-state index in [0.29, 0.717) is 6.42 Å². The first-order valence-corrected chi connectivity index (χ1v) is 6.94. The molecule has 1 aromatic rings. The second-order valence-electron chi connectivity index (χ2n) is 4.70. The predicted octanol–water partition coefficient (Wildman–Crippen LogP) is 2.78. The highest BCUT2D eigenvalue weighted by Gasteiger charge is 2.14. The molecular weight excluding hydrogens is 310 g/mol. The van der Waals surface area contributed by atoms with Crippen LogP contribution in [-0.2, 0) is 9.59 Å². The van der Waals surface area contributed by atoms with E-state index in [1.54, 1.807) is 6.92 Å². The van der Waals surface area contributed by atoms with Crippen LogP contribution in [0.15, 0.2) is 28.7 Å². The SMILES string of the molecule is CC(CNC(=O)CC(C)c1ccc(Br)cc1)C(=O)O. The van der Waals surface area contributed by atoms with Crippen LogP contribution in [0.5, 0.6) is 0 Å². The van der Waals surface area contributed by atoms with Crippen LogP contribution in [0.3, 0.4) is 0 Å². The van der Waals surface area contributed by atoms with Crippen LogP contribution in [0.1, 0.15) is 31.7 Å². The third kappa shape index (κ3) is 5.42. The van der Waals surface area contributed by atoms with Crippen LogP contribution < -0.4 is 5.32 Å². The number of rotatable bonds is 6. The Kier molecular flexibility index (Phi) is 6.02. The number of halogens is 1. The second kappa shape index (κ2) is 7.28. The van der Waals surface area contributed by atoms with E-state index in [4.69, 9.17) is 5.11 Å². The second-order valence-corrected chi connectivity index (χ2v) is 5.62. The van der Waals surface area contributed by atoms with Crippen LogP contribution >= 0.6 is 15.9 Å². The summed E-state index contributed by atoms with van der Waals surface area (Å²) >= 11 is 3.36. The molecule has 2 atom stereocenters. The fraction of sp³-hybridized carbons (Fsp3) is 0.429. The van der Waals surface area contributed by atoms with Crippen LogP contribution in [0, 0.1) is 5.92 Å². The number of hydrogen-bond donors (Lipinski definition) is 2. The number of carbonyl (C=O) groups is 2. The molecule has 1 rings (SSSR count). The maximum Gasteiger partial charge on any atom is 0.308 e. The minimum Gasteiger partial charge on any atom is -0.481 e. The van der Waals surface area contributed by atoms with Gasteiger partial charge in [-0.15, -0.1) is 0 Å². The molecule has 0 aliphatic rings. The summed E-state index contributed by atoms with van der Waals surface area (Å²) in [5.74, 6) is -1.48. The number of benzene rings is 1. The van der Waals surface area contributed by atoms with Crippen LogP contribution in [-0.4, -0.2) is 23.5 Å². The summed E-state index contributed by atoms with van der Waals surface area (Å²) in [6.07, 6.45) is 0.355. The summed E-state index contributed by atoms with van der Waals surface area (Å²) in [6.45, 7) is 3.71. The van der Waals surface area contributed by atoms with Crippen molar-refractivity contribution in [3.05, 3.63) is 34.3 Å². The molecule has 0 aromatic heterocycles. The van der Waals surface area contributed by atoms with Gasteiger partial charge in [-0.1, -0.05) is 41.9 Å². The zero-order valence-corrected chi connectivity index (χ0v) is 12.6. The van der Waals surface area contributed by atoms with Gasteiger partial charge in [0, 0.05) is 17.4 Å². The first-order valence-electron chi connectivity index (χ1n) is 6.15. The number of carboxylic acid groups (broad SMARTS) is 1. The Bertz CT molecular complexity index is 445. The van der Waals surface area contributed by atoms with Crippen molar-refractivity contribution in [3.8, 4) is 0 Å². The lowest BCUT2D eigenvalue weighted by Gasteiger charge is -2.13. The number of carbonyl (C=O) groups excluding carboxylic acids is 1. The molecule has 19 heavy (non-hydrogen) atoms. The lowest BCUT2D eigenvalue weighted by atomic mass is 9.97. The van der Waals surface area contributed by atoms with E-state index in [-0.39, 0.29) is 18.4 Å². The Morgan fingerprint density at radius 1 is 1.26 bits per heavy atom. The molecule has 0 bridgehead atoms. The first kappa shape index (κ1) is 15.7. The summed E-state index contributed by atoms with van der Waals surface area (Å²) < 4.78 is 1.00. The van der Waals surface area contributed by atoms with Gasteiger partial charge in [0.1, 0.15) is 0 Å². The van der Waals surface area contributed by atoms with E-state index >= 15 is 0 Å². The molecule has 0 heterocycles. The van der Waals surface area contributed by atoms with E-state index in [1.165, 1.54) is 0 Å². The maximum absolute atomic E-state index is 11.7. The van der Waals surface area contributed by atoms with Gasteiger partial charge in [0.15, 0.2) is 0 Å². The number of nitrogens with one attached hydrogen (secondary N) is 1. The molecule has 0 saturated carbocycles. The van der Waals surface area contributed by atoms with Crippen molar-refractivity contribution in [2.45, 2.75) is 26.2 Å². The van der Waals surface area contributed by atoms with E-state index < -0.39 is 11.9 Å². The normalized spacial score (nSPS) is 13.6.